The van der Waals surface area contributed by atoms with Crippen LogP contribution in [0.1, 0.15) is 28.4 Å². The Morgan fingerprint density at radius 2 is 2.00 bits per heavy atom. The molecule has 0 saturated heterocycles. The van der Waals surface area contributed by atoms with Crippen LogP contribution in [0, 0.1) is 6.92 Å². The van der Waals surface area contributed by atoms with Crippen molar-refractivity contribution in [3.63, 3.8) is 0 Å². The van der Waals surface area contributed by atoms with Gasteiger partial charge in [-0.15, -0.1) is 0 Å². The van der Waals surface area contributed by atoms with Crippen molar-refractivity contribution >= 4 is 12.1 Å². The van der Waals surface area contributed by atoms with Crippen molar-refractivity contribution in [3.8, 4) is 11.5 Å². The lowest BCUT2D eigenvalue weighted by Gasteiger charge is -2.11. The highest BCUT2D eigenvalue weighted by molar-refractivity contribution is 5.96. The van der Waals surface area contributed by atoms with Gasteiger partial charge >= 0.3 is 6.61 Å². The Hall–Kier alpha value is -2.96. The monoisotopic (exact) mass is 348 g/mol. The zero-order chi connectivity index (χ0) is 18.2. The summed E-state index contributed by atoms with van der Waals surface area (Å²) in [6.07, 6.45) is 1.39. The Balaban J connectivity index is 2.09. The molecule has 0 heterocycles. The molecule has 25 heavy (non-hydrogen) atoms. The fourth-order valence-electron chi connectivity index (χ4n) is 2.12. The molecule has 1 N–H and O–H groups in total. The van der Waals surface area contributed by atoms with E-state index >= 15 is 0 Å². The van der Waals surface area contributed by atoms with Gasteiger partial charge in [0.05, 0.1) is 12.8 Å². The van der Waals surface area contributed by atoms with Crippen molar-refractivity contribution in [1.29, 1.82) is 0 Å². The third-order valence-corrected chi connectivity index (χ3v) is 3.25. The van der Waals surface area contributed by atoms with E-state index in [1.807, 2.05) is 19.1 Å². The van der Waals surface area contributed by atoms with Crippen molar-refractivity contribution in [2.24, 2.45) is 5.10 Å². The van der Waals surface area contributed by atoms with E-state index < -0.39 is 6.61 Å². The third kappa shape index (κ3) is 5.27. The first kappa shape index (κ1) is 18.4. The third-order valence-electron chi connectivity index (χ3n) is 3.25. The number of hydrogen-bond acceptors (Lipinski definition) is 4. The molecule has 0 atom stereocenters. The molecular weight excluding hydrogens is 330 g/mol. The molecule has 0 aromatic heterocycles. The van der Waals surface area contributed by atoms with Crippen LogP contribution in [-0.4, -0.2) is 25.3 Å². The van der Waals surface area contributed by atoms with E-state index in [2.05, 4.69) is 15.3 Å². The van der Waals surface area contributed by atoms with Gasteiger partial charge in [-0.2, -0.15) is 13.9 Å². The molecule has 2 aromatic carbocycles. The van der Waals surface area contributed by atoms with Gasteiger partial charge in [0, 0.05) is 5.56 Å². The number of carbonyl (C=O) groups excluding carboxylic acids is 1. The van der Waals surface area contributed by atoms with Crippen LogP contribution < -0.4 is 14.9 Å². The molecule has 0 bridgehead atoms. The molecule has 1 amide bonds. The molecule has 0 aliphatic heterocycles. The number of halogens is 2. The smallest absolute Gasteiger partial charge is 0.387 e. The van der Waals surface area contributed by atoms with E-state index in [0.717, 1.165) is 5.56 Å². The second-order valence-corrected chi connectivity index (χ2v) is 5.03. The fraction of sp³-hybridized carbons (Fsp3) is 0.222. The number of aryl methyl sites for hydroxylation is 1. The minimum Gasteiger partial charge on any atom is -0.490 e. The van der Waals surface area contributed by atoms with Gasteiger partial charge in [-0.05, 0) is 49.2 Å². The molecule has 0 saturated carbocycles. The van der Waals surface area contributed by atoms with Gasteiger partial charge in [0.1, 0.15) is 0 Å². The first-order valence-electron chi connectivity index (χ1n) is 7.62. The maximum absolute atomic E-state index is 12.4. The highest BCUT2D eigenvalue weighted by Gasteiger charge is 2.11. The standard InChI is InChI=1S/C18H18F2N2O3/c1-3-24-16-10-13(8-9-15(16)25-18(19)20)11-21-22-17(23)14-7-5-4-6-12(14)2/h4-11,18H,3H2,1-2H3,(H,22,23)/b21-11-. The lowest BCUT2D eigenvalue weighted by Crippen LogP contribution is -2.18. The Labute approximate surface area is 144 Å². The molecule has 0 fully saturated rings. The number of benzene rings is 2. The summed E-state index contributed by atoms with van der Waals surface area (Å²) in [5.41, 5.74) is 4.35. The van der Waals surface area contributed by atoms with Gasteiger partial charge in [-0.3, -0.25) is 4.79 Å². The van der Waals surface area contributed by atoms with Crippen LogP contribution in [-0.2, 0) is 0 Å². The van der Waals surface area contributed by atoms with Crippen LogP contribution in [0.4, 0.5) is 8.78 Å². The molecule has 0 aliphatic rings. The number of hydrogen-bond donors (Lipinski definition) is 1. The lowest BCUT2D eigenvalue weighted by molar-refractivity contribution is -0.0514. The van der Waals surface area contributed by atoms with Crippen molar-refractivity contribution in [2.45, 2.75) is 20.5 Å². The summed E-state index contributed by atoms with van der Waals surface area (Å²) >= 11 is 0. The Kier molecular flexibility index (Phi) is 6.45. The highest BCUT2D eigenvalue weighted by Crippen LogP contribution is 2.29. The SMILES string of the molecule is CCOc1cc(/C=N\NC(=O)c2ccccc2C)ccc1OC(F)F. The summed E-state index contributed by atoms with van der Waals surface area (Å²) in [7, 11) is 0. The first-order chi connectivity index (χ1) is 12.0. The lowest BCUT2D eigenvalue weighted by atomic mass is 10.1. The molecule has 0 radical (unpaired) electrons. The summed E-state index contributed by atoms with van der Waals surface area (Å²) in [6, 6.07) is 11.5. The molecule has 2 aromatic rings. The molecule has 2 rings (SSSR count). The number of nitrogens with zero attached hydrogens (tertiary/aromatic N) is 1. The maximum Gasteiger partial charge on any atom is 0.387 e. The van der Waals surface area contributed by atoms with E-state index in [4.69, 9.17) is 4.74 Å². The number of hydrazone groups is 1. The molecule has 0 aliphatic carbocycles. The number of alkyl halides is 2. The van der Waals surface area contributed by atoms with E-state index in [0.29, 0.717) is 17.7 Å². The van der Waals surface area contributed by atoms with Crippen LogP contribution in [0.5, 0.6) is 11.5 Å². The molecule has 0 spiro atoms. The predicted octanol–water partition coefficient (Wildman–Crippen LogP) is 3.76. The van der Waals surface area contributed by atoms with Gasteiger partial charge < -0.3 is 9.47 Å². The zero-order valence-corrected chi connectivity index (χ0v) is 13.8. The van der Waals surface area contributed by atoms with E-state index in [-0.39, 0.29) is 17.4 Å². The van der Waals surface area contributed by atoms with Crippen LogP contribution in [0.25, 0.3) is 0 Å². The predicted molar refractivity (Wildman–Crippen MR) is 90.5 cm³/mol. The first-order valence-corrected chi connectivity index (χ1v) is 7.62. The number of carbonyl (C=O) groups is 1. The van der Waals surface area contributed by atoms with Gasteiger partial charge in [0.15, 0.2) is 11.5 Å². The second kappa shape index (κ2) is 8.77. The molecule has 7 heteroatoms. The molecular formula is C18H18F2N2O3. The average Bonchev–Trinajstić information content (AvgIpc) is 2.57. The maximum atomic E-state index is 12.4. The van der Waals surface area contributed by atoms with Crippen LogP contribution in [0.2, 0.25) is 0 Å². The van der Waals surface area contributed by atoms with Crippen LogP contribution in [0.15, 0.2) is 47.6 Å². The Morgan fingerprint density at radius 1 is 1.24 bits per heavy atom. The number of amides is 1. The minimum absolute atomic E-state index is 0.0575. The van der Waals surface area contributed by atoms with Gasteiger partial charge in [-0.25, -0.2) is 5.43 Å². The van der Waals surface area contributed by atoms with Crippen molar-refractivity contribution in [2.75, 3.05) is 6.61 Å². The van der Waals surface area contributed by atoms with E-state index in [9.17, 15) is 13.6 Å². The Morgan fingerprint density at radius 3 is 2.68 bits per heavy atom. The fourth-order valence-corrected chi connectivity index (χ4v) is 2.12. The summed E-state index contributed by atoms with van der Waals surface area (Å²) in [4.78, 5) is 12.0. The number of ether oxygens (including phenoxy) is 2. The number of nitrogens with one attached hydrogen (secondary N) is 1. The Bertz CT molecular complexity index is 764. The van der Waals surface area contributed by atoms with Crippen LogP contribution >= 0.6 is 0 Å². The van der Waals surface area contributed by atoms with Crippen molar-refractivity contribution in [1.82, 2.24) is 5.43 Å². The second-order valence-electron chi connectivity index (χ2n) is 5.03. The topological polar surface area (TPSA) is 59.9 Å². The summed E-state index contributed by atoms with van der Waals surface area (Å²) in [5.74, 6) is -0.216. The summed E-state index contributed by atoms with van der Waals surface area (Å²) in [6.45, 7) is 0.918. The summed E-state index contributed by atoms with van der Waals surface area (Å²) < 4.78 is 34.4. The number of rotatable bonds is 7. The minimum atomic E-state index is -2.94. The molecule has 132 valence electrons. The van der Waals surface area contributed by atoms with Gasteiger partial charge in [0.25, 0.3) is 5.91 Å². The van der Waals surface area contributed by atoms with E-state index in [1.165, 1.54) is 24.4 Å². The quantitative estimate of drug-likeness (QED) is 0.612. The van der Waals surface area contributed by atoms with Crippen LogP contribution in [0.3, 0.4) is 0 Å². The largest absolute Gasteiger partial charge is 0.490 e. The molecule has 5 nitrogen and oxygen atoms in total. The average molecular weight is 348 g/mol. The van der Waals surface area contributed by atoms with Gasteiger partial charge in [-0.1, -0.05) is 18.2 Å². The zero-order valence-electron chi connectivity index (χ0n) is 13.8. The highest BCUT2D eigenvalue weighted by atomic mass is 19.3. The van der Waals surface area contributed by atoms with Crippen molar-refractivity contribution < 1.29 is 23.0 Å². The van der Waals surface area contributed by atoms with E-state index in [1.54, 1.807) is 19.1 Å². The van der Waals surface area contributed by atoms with Crippen molar-refractivity contribution in [3.05, 3.63) is 59.2 Å². The van der Waals surface area contributed by atoms with Gasteiger partial charge in [0.2, 0.25) is 0 Å². The molecule has 0 unspecified atom stereocenters. The normalized spacial score (nSPS) is 10.9. The summed E-state index contributed by atoms with van der Waals surface area (Å²) in [5, 5.41) is 3.88.